The van der Waals surface area contributed by atoms with Crippen molar-refractivity contribution in [3.8, 4) is 0 Å². The fourth-order valence-corrected chi connectivity index (χ4v) is 1.52. The van der Waals surface area contributed by atoms with Crippen LogP contribution in [0, 0.1) is 5.92 Å². The van der Waals surface area contributed by atoms with Crippen molar-refractivity contribution in [3.63, 3.8) is 0 Å². The van der Waals surface area contributed by atoms with Crippen LogP contribution in [0.1, 0.15) is 24.3 Å². The van der Waals surface area contributed by atoms with Gasteiger partial charge in [0.1, 0.15) is 11.5 Å². The van der Waals surface area contributed by atoms with Crippen LogP contribution in [0.3, 0.4) is 0 Å². The number of rotatable bonds is 4. The van der Waals surface area contributed by atoms with E-state index in [0.29, 0.717) is 17.4 Å². The molecular weight excluding hydrogens is 202 g/mol. The molecule has 0 bridgehead atoms. The van der Waals surface area contributed by atoms with E-state index in [1.54, 1.807) is 25.1 Å². The lowest BCUT2D eigenvalue weighted by atomic mass is 10.2. The number of carbonyl (C=O) groups excluding carboxylic acids is 1. The van der Waals surface area contributed by atoms with Crippen LogP contribution in [0.5, 0.6) is 0 Å². The summed E-state index contributed by atoms with van der Waals surface area (Å²) < 4.78 is 0. The summed E-state index contributed by atoms with van der Waals surface area (Å²) in [5.74, 6) is 1.14. The molecule has 1 N–H and O–H groups in total. The Morgan fingerprint density at radius 3 is 2.75 bits per heavy atom. The van der Waals surface area contributed by atoms with E-state index < -0.39 is 0 Å². The van der Waals surface area contributed by atoms with E-state index in [1.807, 2.05) is 12.1 Å². The number of hydrogen-bond donors (Lipinski definition) is 1. The first-order chi connectivity index (χ1) is 7.54. The Kier molecular flexibility index (Phi) is 4.28. The topological polar surface area (TPSA) is 45.2 Å². The maximum absolute atomic E-state index is 12.0. The van der Waals surface area contributed by atoms with Gasteiger partial charge in [-0.2, -0.15) is 0 Å². The van der Waals surface area contributed by atoms with Gasteiger partial charge in [-0.25, -0.2) is 4.98 Å². The Morgan fingerprint density at radius 2 is 2.19 bits per heavy atom. The third kappa shape index (κ3) is 3.22. The van der Waals surface area contributed by atoms with Gasteiger partial charge in [-0.05, 0) is 18.1 Å². The molecule has 0 aliphatic carbocycles. The molecule has 0 saturated heterocycles. The molecule has 1 heterocycles. The molecule has 4 heteroatoms. The molecule has 1 rings (SSSR count). The van der Waals surface area contributed by atoms with Crippen molar-refractivity contribution in [2.24, 2.45) is 5.92 Å². The largest absolute Gasteiger partial charge is 0.373 e. The average Bonchev–Trinajstić information content (AvgIpc) is 2.27. The highest BCUT2D eigenvalue weighted by Crippen LogP contribution is 2.07. The van der Waals surface area contributed by atoms with Crippen LogP contribution in [0.4, 0.5) is 5.82 Å². The van der Waals surface area contributed by atoms with Crippen LogP contribution in [0.2, 0.25) is 0 Å². The molecule has 0 fully saturated rings. The Bertz CT molecular complexity index is 363. The Labute approximate surface area is 96.7 Å². The number of pyridine rings is 1. The second kappa shape index (κ2) is 5.49. The smallest absolute Gasteiger partial charge is 0.272 e. The first kappa shape index (κ1) is 12.5. The van der Waals surface area contributed by atoms with E-state index >= 15 is 0 Å². The van der Waals surface area contributed by atoms with Crippen LogP contribution in [-0.2, 0) is 0 Å². The minimum Gasteiger partial charge on any atom is -0.373 e. The van der Waals surface area contributed by atoms with Gasteiger partial charge in [0.15, 0.2) is 0 Å². The fraction of sp³-hybridized carbons (Fsp3) is 0.500. The van der Waals surface area contributed by atoms with Crippen molar-refractivity contribution in [3.05, 3.63) is 23.9 Å². The summed E-state index contributed by atoms with van der Waals surface area (Å²) in [5, 5.41) is 2.92. The summed E-state index contributed by atoms with van der Waals surface area (Å²) >= 11 is 0. The molecule has 0 atom stereocenters. The predicted molar refractivity (Wildman–Crippen MR) is 65.6 cm³/mol. The van der Waals surface area contributed by atoms with Crippen LogP contribution < -0.4 is 5.32 Å². The van der Waals surface area contributed by atoms with Gasteiger partial charge in [0, 0.05) is 20.6 Å². The number of amides is 1. The molecule has 0 saturated carbocycles. The maximum Gasteiger partial charge on any atom is 0.272 e. The monoisotopic (exact) mass is 221 g/mol. The highest BCUT2D eigenvalue weighted by atomic mass is 16.2. The summed E-state index contributed by atoms with van der Waals surface area (Å²) in [6.07, 6.45) is 0. The lowest BCUT2D eigenvalue weighted by Gasteiger charge is -2.19. The summed E-state index contributed by atoms with van der Waals surface area (Å²) in [5.41, 5.74) is 0.481. The normalized spacial score (nSPS) is 10.3. The minimum atomic E-state index is -0.0363. The zero-order valence-electron chi connectivity index (χ0n) is 10.3. The van der Waals surface area contributed by atoms with Crippen molar-refractivity contribution >= 4 is 11.7 Å². The average molecular weight is 221 g/mol. The predicted octanol–water partition coefficient (Wildman–Crippen LogP) is 1.85. The van der Waals surface area contributed by atoms with Crippen LogP contribution >= 0.6 is 0 Å². The fourth-order valence-electron chi connectivity index (χ4n) is 1.52. The summed E-state index contributed by atoms with van der Waals surface area (Å²) in [4.78, 5) is 17.9. The quantitative estimate of drug-likeness (QED) is 0.844. The van der Waals surface area contributed by atoms with Gasteiger partial charge in [-0.1, -0.05) is 19.9 Å². The molecule has 0 spiro atoms. The number of nitrogens with zero attached hydrogens (tertiary/aromatic N) is 2. The number of anilines is 1. The van der Waals surface area contributed by atoms with E-state index in [0.717, 1.165) is 6.54 Å². The van der Waals surface area contributed by atoms with E-state index in [-0.39, 0.29) is 5.91 Å². The molecular formula is C12H19N3O. The van der Waals surface area contributed by atoms with Gasteiger partial charge in [0.2, 0.25) is 0 Å². The molecule has 1 aromatic rings. The van der Waals surface area contributed by atoms with Crippen molar-refractivity contribution in [2.45, 2.75) is 13.8 Å². The van der Waals surface area contributed by atoms with Gasteiger partial charge >= 0.3 is 0 Å². The second-order valence-electron chi connectivity index (χ2n) is 4.24. The van der Waals surface area contributed by atoms with Gasteiger partial charge in [0.25, 0.3) is 5.91 Å². The van der Waals surface area contributed by atoms with Crippen LogP contribution in [-0.4, -0.2) is 36.4 Å². The zero-order valence-corrected chi connectivity index (χ0v) is 10.3. The molecule has 1 aromatic heterocycles. The molecule has 4 nitrogen and oxygen atoms in total. The third-order valence-corrected chi connectivity index (χ3v) is 2.21. The van der Waals surface area contributed by atoms with Gasteiger partial charge in [0.05, 0.1) is 0 Å². The highest BCUT2D eigenvalue weighted by Gasteiger charge is 2.14. The van der Waals surface area contributed by atoms with Crippen molar-refractivity contribution in [1.82, 2.24) is 9.88 Å². The Hall–Kier alpha value is -1.58. The minimum absolute atomic E-state index is 0.0363. The van der Waals surface area contributed by atoms with Crippen LogP contribution in [0.15, 0.2) is 18.2 Å². The molecule has 0 aliphatic rings. The molecule has 1 amide bonds. The van der Waals surface area contributed by atoms with Crippen molar-refractivity contribution < 1.29 is 4.79 Å². The molecule has 0 radical (unpaired) electrons. The maximum atomic E-state index is 12.0. The van der Waals surface area contributed by atoms with Crippen molar-refractivity contribution in [1.29, 1.82) is 0 Å². The molecule has 16 heavy (non-hydrogen) atoms. The van der Waals surface area contributed by atoms with E-state index in [9.17, 15) is 4.79 Å². The van der Waals surface area contributed by atoms with E-state index in [4.69, 9.17) is 0 Å². The van der Waals surface area contributed by atoms with Crippen LogP contribution in [0.25, 0.3) is 0 Å². The number of carbonyl (C=O) groups is 1. The number of nitrogens with one attached hydrogen (secondary N) is 1. The van der Waals surface area contributed by atoms with Gasteiger partial charge < -0.3 is 10.2 Å². The van der Waals surface area contributed by atoms with E-state index in [2.05, 4.69) is 24.1 Å². The SMILES string of the molecule is CNc1cccc(C(=O)N(C)CC(C)C)n1. The lowest BCUT2D eigenvalue weighted by Crippen LogP contribution is -2.30. The lowest BCUT2D eigenvalue weighted by molar-refractivity contribution is 0.0773. The second-order valence-corrected chi connectivity index (χ2v) is 4.24. The van der Waals surface area contributed by atoms with E-state index in [1.165, 1.54) is 0 Å². The van der Waals surface area contributed by atoms with Crippen molar-refractivity contribution in [2.75, 3.05) is 26.0 Å². The summed E-state index contributed by atoms with van der Waals surface area (Å²) in [7, 11) is 3.59. The summed E-state index contributed by atoms with van der Waals surface area (Å²) in [6.45, 7) is 4.91. The first-order valence-corrected chi connectivity index (χ1v) is 5.45. The molecule has 0 aromatic carbocycles. The Balaban J connectivity index is 2.79. The zero-order chi connectivity index (χ0) is 12.1. The van der Waals surface area contributed by atoms with Gasteiger partial charge in [-0.3, -0.25) is 4.79 Å². The van der Waals surface area contributed by atoms with Gasteiger partial charge in [-0.15, -0.1) is 0 Å². The summed E-state index contributed by atoms with van der Waals surface area (Å²) in [6, 6.07) is 5.40. The standard InChI is InChI=1S/C12H19N3O/c1-9(2)8-15(4)12(16)10-6-5-7-11(13-3)14-10/h5-7,9H,8H2,1-4H3,(H,13,14). The molecule has 0 unspecified atom stereocenters. The third-order valence-electron chi connectivity index (χ3n) is 2.21. The highest BCUT2D eigenvalue weighted by molar-refractivity contribution is 5.92. The number of aromatic nitrogens is 1. The molecule has 88 valence electrons. The first-order valence-electron chi connectivity index (χ1n) is 5.45. The Morgan fingerprint density at radius 1 is 1.50 bits per heavy atom. The molecule has 0 aliphatic heterocycles. The number of hydrogen-bond acceptors (Lipinski definition) is 3.